The number of aromatic nitrogens is 1. The molecule has 2 aliphatic carbocycles. The maximum Gasteiger partial charge on any atom is 0.224 e. The zero-order chi connectivity index (χ0) is 14.3. The van der Waals surface area contributed by atoms with Gasteiger partial charge in [-0.1, -0.05) is 29.6 Å². The minimum Gasteiger partial charge on any atom is -0.323 e. The van der Waals surface area contributed by atoms with E-state index < -0.39 is 0 Å². The van der Waals surface area contributed by atoms with Gasteiger partial charge in [0, 0.05) is 6.42 Å². The maximum atomic E-state index is 12.2. The molecule has 2 aliphatic rings. The molecule has 1 amide bonds. The van der Waals surface area contributed by atoms with Gasteiger partial charge in [-0.2, -0.15) is 0 Å². The Labute approximate surface area is 129 Å². The summed E-state index contributed by atoms with van der Waals surface area (Å²) in [6.07, 6.45) is 5.78. The summed E-state index contributed by atoms with van der Waals surface area (Å²) < 4.78 is 0. The molecule has 3 unspecified atom stereocenters. The third-order valence-corrected chi connectivity index (χ3v) is 5.20. The number of aryl methyl sites for hydroxylation is 1. The van der Waals surface area contributed by atoms with E-state index in [0.29, 0.717) is 23.2 Å². The van der Waals surface area contributed by atoms with Gasteiger partial charge in [0.25, 0.3) is 0 Å². The van der Waals surface area contributed by atoms with Gasteiger partial charge in [0.2, 0.25) is 5.91 Å². The number of halogens is 2. The van der Waals surface area contributed by atoms with E-state index >= 15 is 0 Å². The molecule has 2 bridgehead atoms. The van der Waals surface area contributed by atoms with Gasteiger partial charge in [-0.3, -0.25) is 4.79 Å². The topological polar surface area (TPSA) is 42.0 Å². The number of nitrogens with one attached hydrogen (secondary N) is 1. The van der Waals surface area contributed by atoms with Crippen molar-refractivity contribution in [2.24, 2.45) is 17.8 Å². The van der Waals surface area contributed by atoms with Crippen molar-refractivity contribution in [3.8, 4) is 0 Å². The molecule has 5 heteroatoms. The molecular formula is C15H18Cl2N2O. The highest BCUT2D eigenvalue weighted by Gasteiger charge is 2.40. The van der Waals surface area contributed by atoms with Crippen LogP contribution in [0.5, 0.6) is 0 Å². The number of hydrogen-bond acceptors (Lipinski definition) is 2. The number of pyridine rings is 1. The molecule has 3 nitrogen and oxygen atoms in total. The average molecular weight is 313 g/mol. The van der Waals surface area contributed by atoms with E-state index in [4.69, 9.17) is 23.2 Å². The molecule has 2 fully saturated rings. The summed E-state index contributed by atoms with van der Waals surface area (Å²) in [6.45, 7) is 1.87. The number of nitrogens with zero attached hydrogens (tertiary/aromatic N) is 1. The number of anilines is 1. The summed E-state index contributed by atoms with van der Waals surface area (Å²) in [4.78, 5) is 16.2. The fourth-order valence-corrected chi connectivity index (χ4v) is 4.38. The zero-order valence-electron chi connectivity index (χ0n) is 11.5. The second kappa shape index (κ2) is 5.53. The first kappa shape index (κ1) is 14.2. The lowest BCUT2D eigenvalue weighted by atomic mass is 9.86. The van der Waals surface area contributed by atoms with Crippen LogP contribution in [-0.4, -0.2) is 10.9 Å². The van der Waals surface area contributed by atoms with E-state index in [0.717, 1.165) is 17.4 Å². The van der Waals surface area contributed by atoms with Gasteiger partial charge in [0.1, 0.15) is 5.15 Å². The van der Waals surface area contributed by atoms with Gasteiger partial charge in [0.15, 0.2) is 5.15 Å². The Morgan fingerprint density at radius 2 is 2.20 bits per heavy atom. The Morgan fingerprint density at radius 1 is 1.40 bits per heavy atom. The van der Waals surface area contributed by atoms with Crippen LogP contribution in [0.25, 0.3) is 0 Å². The Morgan fingerprint density at radius 3 is 2.80 bits per heavy atom. The molecule has 108 valence electrons. The lowest BCUT2D eigenvalue weighted by molar-refractivity contribution is -0.117. The Hall–Kier alpha value is -0.800. The van der Waals surface area contributed by atoms with Crippen molar-refractivity contribution in [1.82, 2.24) is 4.98 Å². The van der Waals surface area contributed by atoms with E-state index in [1.54, 1.807) is 6.07 Å². The fourth-order valence-electron chi connectivity index (χ4n) is 3.80. The SMILES string of the molecule is Cc1cc(Cl)nc(Cl)c1NC(=O)CC1CC2CCC1C2. The summed E-state index contributed by atoms with van der Waals surface area (Å²) in [6, 6.07) is 1.71. The smallest absolute Gasteiger partial charge is 0.224 e. The monoisotopic (exact) mass is 312 g/mol. The number of carbonyl (C=O) groups is 1. The van der Waals surface area contributed by atoms with Gasteiger partial charge in [-0.05, 0) is 55.6 Å². The molecule has 2 saturated carbocycles. The molecule has 1 aromatic rings. The lowest BCUT2D eigenvalue weighted by Gasteiger charge is -2.21. The van der Waals surface area contributed by atoms with E-state index in [1.165, 1.54) is 25.7 Å². The number of hydrogen-bond donors (Lipinski definition) is 1. The minimum absolute atomic E-state index is 0.0386. The third-order valence-electron chi connectivity index (χ3n) is 4.74. The molecule has 0 aromatic carbocycles. The second-order valence-corrected chi connectivity index (χ2v) is 6.86. The van der Waals surface area contributed by atoms with Gasteiger partial charge in [-0.15, -0.1) is 0 Å². The summed E-state index contributed by atoms with van der Waals surface area (Å²) in [5.74, 6) is 2.20. The van der Waals surface area contributed by atoms with Gasteiger partial charge in [0.05, 0.1) is 5.69 Å². The van der Waals surface area contributed by atoms with Crippen LogP contribution in [0.15, 0.2) is 6.07 Å². The molecule has 0 aliphatic heterocycles. The van der Waals surface area contributed by atoms with Crippen molar-refractivity contribution >= 4 is 34.8 Å². The lowest BCUT2D eigenvalue weighted by Crippen LogP contribution is -2.21. The van der Waals surface area contributed by atoms with Crippen LogP contribution in [0.4, 0.5) is 5.69 Å². The first-order valence-corrected chi connectivity index (χ1v) is 7.91. The molecule has 1 heterocycles. The molecule has 1 N–H and O–H groups in total. The molecule has 0 spiro atoms. The molecule has 0 saturated heterocycles. The van der Waals surface area contributed by atoms with Crippen LogP contribution in [0, 0.1) is 24.7 Å². The number of fused-ring (bicyclic) bond motifs is 2. The summed E-state index contributed by atoms with van der Waals surface area (Å²) in [5, 5.41) is 3.51. The molecule has 0 radical (unpaired) electrons. The molecule has 3 atom stereocenters. The number of carbonyl (C=O) groups excluding carboxylic acids is 1. The van der Waals surface area contributed by atoms with Crippen LogP contribution >= 0.6 is 23.2 Å². The predicted molar refractivity (Wildman–Crippen MR) is 81.2 cm³/mol. The highest BCUT2D eigenvalue weighted by molar-refractivity contribution is 6.34. The molecule has 20 heavy (non-hydrogen) atoms. The van der Waals surface area contributed by atoms with Crippen LogP contribution in [-0.2, 0) is 4.79 Å². The quantitative estimate of drug-likeness (QED) is 0.837. The van der Waals surface area contributed by atoms with Gasteiger partial charge in [-0.25, -0.2) is 4.98 Å². The van der Waals surface area contributed by atoms with Crippen molar-refractivity contribution in [1.29, 1.82) is 0 Å². The molecule has 3 rings (SSSR count). The first-order valence-electron chi connectivity index (χ1n) is 7.15. The normalized spacial score (nSPS) is 27.9. The van der Waals surface area contributed by atoms with Crippen molar-refractivity contribution in [3.05, 3.63) is 21.9 Å². The average Bonchev–Trinajstić information content (AvgIpc) is 2.95. The van der Waals surface area contributed by atoms with Crippen molar-refractivity contribution in [3.63, 3.8) is 0 Å². The van der Waals surface area contributed by atoms with Crippen LogP contribution in [0.1, 0.15) is 37.7 Å². The van der Waals surface area contributed by atoms with E-state index in [-0.39, 0.29) is 11.1 Å². The highest BCUT2D eigenvalue weighted by atomic mass is 35.5. The van der Waals surface area contributed by atoms with E-state index in [1.807, 2.05) is 6.92 Å². The zero-order valence-corrected chi connectivity index (χ0v) is 13.0. The molecule has 1 aromatic heterocycles. The van der Waals surface area contributed by atoms with E-state index in [9.17, 15) is 4.79 Å². The van der Waals surface area contributed by atoms with Gasteiger partial charge < -0.3 is 5.32 Å². The van der Waals surface area contributed by atoms with Crippen LogP contribution in [0.3, 0.4) is 0 Å². The third kappa shape index (κ3) is 2.79. The fraction of sp³-hybridized carbons (Fsp3) is 0.600. The Bertz CT molecular complexity index is 524. The van der Waals surface area contributed by atoms with Crippen molar-refractivity contribution in [2.75, 3.05) is 5.32 Å². The number of rotatable bonds is 3. The number of amides is 1. The largest absolute Gasteiger partial charge is 0.323 e. The molecular weight excluding hydrogens is 295 g/mol. The summed E-state index contributed by atoms with van der Waals surface area (Å²) in [5.41, 5.74) is 1.43. The van der Waals surface area contributed by atoms with Gasteiger partial charge >= 0.3 is 0 Å². The minimum atomic E-state index is 0.0386. The standard InChI is InChI=1S/C15H18Cl2N2O/c1-8-4-12(16)18-15(17)14(8)19-13(20)7-11-6-9-2-3-10(11)5-9/h4,9-11H,2-3,5-7H2,1H3,(H,19,20). The van der Waals surface area contributed by atoms with Crippen LogP contribution < -0.4 is 5.32 Å². The van der Waals surface area contributed by atoms with Crippen molar-refractivity contribution in [2.45, 2.75) is 39.0 Å². The predicted octanol–water partition coefficient (Wildman–Crippen LogP) is 4.46. The van der Waals surface area contributed by atoms with Crippen LogP contribution in [0.2, 0.25) is 10.3 Å². The highest BCUT2D eigenvalue weighted by Crippen LogP contribution is 2.49. The second-order valence-electron chi connectivity index (χ2n) is 6.11. The summed E-state index contributed by atoms with van der Waals surface area (Å²) in [7, 11) is 0. The Balaban J connectivity index is 1.65. The van der Waals surface area contributed by atoms with Crippen molar-refractivity contribution < 1.29 is 4.79 Å². The summed E-state index contributed by atoms with van der Waals surface area (Å²) >= 11 is 11.9. The Kier molecular flexibility index (Phi) is 3.91. The first-order chi connectivity index (χ1) is 9.52. The van der Waals surface area contributed by atoms with E-state index in [2.05, 4.69) is 10.3 Å². The maximum absolute atomic E-state index is 12.2.